The van der Waals surface area contributed by atoms with Crippen LogP contribution >= 0.6 is 0 Å². The largest absolute Gasteiger partial charge is 0.430 e. The van der Waals surface area contributed by atoms with Crippen molar-refractivity contribution in [3.63, 3.8) is 0 Å². The third-order valence-electron chi connectivity index (χ3n) is 6.24. The van der Waals surface area contributed by atoms with Crippen molar-refractivity contribution in [2.75, 3.05) is 6.61 Å². The fraction of sp³-hybridized carbons (Fsp3) is 0.739. The standard InChI is InChI=1S/C23H32F6O2/c1-4-16(2)19-10-12-20(13-11-19)21(22(24,25)26,23(27,28)29)31-17(3)30-15-14-18-8-6-5-7-9-18/h10-13,16-18H,4-9,14-15H2,1-3H3. The summed E-state index contributed by atoms with van der Waals surface area (Å²) < 4.78 is 93.7. The molecule has 178 valence electrons. The van der Waals surface area contributed by atoms with Crippen molar-refractivity contribution in [2.24, 2.45) is 5.92 Å². The first kappa shape index (κ1) is 26.0. The second kappa shape index (κ2) is 10.6. The Morgan fingerprint density at radius 3 is 1.94 bits per heavy atom. The van der Waals surface area contributed by atoms with Crippen LogP contribution in [0.4, 0.5) is 26.3 Å². The molecular weight excluding hydrogens is 422 g/mol. The van der Waals surface area contributed by atoms with Crippen LogP contribution < -0.4 is 0 Å². The van der Waals surface area contributed by atoms with E-state index in [1.807, 2.05) is 13.8 Å². The average molecular weight is 454 g/mol. The van der Waals surface area contributed by atoms with Crippen molar-refractivity contribution < 1.29 is 35.8 Å². The molecule has 0 heterocycles. The predicted molar refractivity (Wildman–Crippen MR) is 107 cm³/mol. The Kier molecular flexibility index (Phi) is 8.85. The minimum absolute atomic E-state index is 0.0168. The Hall–Kier alpha value is -1.28. The lowest BCUT2D eigenvalue weighted by atomic mass is 9.87. The molecule has 0 radical (unpaired) electrons. The summed E-state index contributed by atoms with van der Waals surface area (Å²) >= 11 is 0. The fourth-order valence-electron chi connectivity index (χ4n) is 4.13. The molecule has 0 N–H and O–H groups in total. The molecule has 0 saturated heterocycles. The molecule has 0 bridgehead atoms. The van der Waals surface area contributed by atoms with Gasteiger partial charge < -0.3 is 9.47 Å². The molecule has 1 aliphatic carbocycles. The zero-order valence-electron chi connectivity index (χ0n) is 18.3. The molecule has 8 heteroatoms. The van der Waals surface area contributed by atoms with Crippen molar-refractivity contribution in [3.8, 4) is 0 Å². The van der Waals surface area contributed by atoms with Crippen molar-refractivity contribution in [3.05, 3.63) is 35.4 Å². The highest BCUT2D eigenvalue weighted by molar-refractivity contribution is 5.32. The first-order valence-electron chi connectivity index (χ1n) is 11.0. The SMILES string of the molecule is CCC(C)c1ccc(C(OC(C)OCCC2CCCCC2)(C(F)(F)F)C(F)(F)F)cc1. The van der Waals surface area contributed by atoms with E-state index in [2.05, 4.69) is 0 Å². The lowest BCUT2D eigenvalue weighted by Crippen LogP contribution is -2.57. The molecule has 1 aromatic carbocycles. The third kappa shape index (κ3) is 6.15. The lowest BCUT2D eigenvalue weighted by Gasteiger charge is -2.39. The van der Waals surface area contributed by atoms with E-state index in [1.165, 1.54) is 12.1 Å². The smallest absolute Gasteiger partial charge is 0.353 e. The van der Waals surface area contributed by atoms with E-state index >= 15 is 0 Å². The monoisotopic (exact) mass is 454 g/mol. The minimum atomic E-state index is -5.72. The Morgan fingerprint density at radius 1 is 0.903 bits per heavy atom. The molecule has 1 aliphatic rings. The van der Waals surface area contributed by atoms with Gasteiger partial charge in [-0.25, -0.2) is 0 Å². The van der Waals surface area contributed by atoms with Crippen LogP contribution in [0, 0.1) is 5.92 Å². The van der Waals surface area contributed by atoms with Crippen LogP contribution in [0.2, 0.25) is 0 Å². The average Bonchev–Trinajstić information content (AvgIpc) is 2.70. The van der Waals surface area contributed by atoms with Crippen LogP contribution in [0.15, 0.2) is 24.3 Å². The second-order valence-electron chi connectivity index (χ2n) is 8.46. The van der Waals surface area contributed by atoms with E-state index in [0.29, 0.717) is 24.3 Å². The van der Waals surface area contributed by atoms with Crippen LogP contribution in [-0.4, -0.2) is 25.2 Å². The molecule has 0 spiro atoms. The maximum atomic E-state index is 14.0. The van der Waals surface area contributed by atoms with Gasteiger partial charge in [0.1, 0.15) is 0 Å². The van der Waals surface area contributed by atoms with Gasteiger partial charge in [0, 0.05) is 12.2 Å². The zero-order valence-corrected chi connectivity index (χ0v) is 18.3. The number of ether oxygens (including phenoxy) is 2. The number of benzene rings is 1. The molecule has 31 heavy (non-hydrogen) atoms. The van der Waals surface area contributed by atoms with Gasteiger partial charge in [-0.05, 0) is 37.2 Å². The predicted octanol–water partition coefficient (Wildman–Crippen LogP) is 7.87. The molecule has 2 atom stereocenters. The molecule has 2 nitrogen and oxygen atoms in total. The van der Waals surface area contributed by atoms with Gasteiger partial charge in [0.15, 0.2) is 6.29 Å². The fourth-order valence-corrected chi connectivity index (χ4v) is 4.13. The van der Waals surface area contributed by atoms with Crippen molar-refractivity contribution in [2.45, 2.75) is 95.9 Å². The summed E-state index contributed by atoms with van der Waals surface area (Å²) in [5.41, 5.74) is -4.79. The number of hydrogen-bond acceptors (Lipinski definition) is 2. The molecular formula is C23H32F6O2. The minimum Gasteiger partial charge on any atom is -0.353 e. The van der Waals surface area contributed by atoms with Crippen LogP contribution in [0.3, 0.4) is 0 Å². The summed E-state index contributed by atoms with van der Waals surface area (Å²) in [5.74, 6) is 0.409. The zero-order chi connectivity index (χ0) is 23.3. The highest BCUT2D eigenvalue weighted by Gasteiger charge is 2.74. The van der Waals surface area contributed by atoms with Gasteiger partial charge in [-0.2, -0.15) is 26.3 Å². The van der Waals surface area contributed by atoms with Crippen LogP contribution in [0.1, 0.15) is 82.8 Å². The Balaban J connectivity index is 2.23. The van der Waals surface area contributed by atoms with E-state index < -0.39 is 29.8 Å². The first-order chi connectivity index (χ1) is 14.4. The second-order valence-corrected chi connectivity index (χ2v) is 8.46. The van der Waals surface area contributed by atoms with Crippen LogP contribution in [0.5, 0.6) is 0 Å². The van der Waals surface area contributed by atoms with Gasteiger partial charge in [-0.3, -0.25) is 0 Å². The molecule has 2 unspecified atom stereocenters. The molecule has 0 amide bonds. The van der Waals surface area contributed by atoms with E-state index in [0.717, 1.165) is 51.2 Å². The summed E-state index contributed by atoms with van der Waals surface area (Å²) in [6.45, 7) is 4.89. The topological polar surface area (TPSA) is 18.5 Å². The highest BCUT2D eigenvalue weighted by Crippen LogP contribution is 2.53. The number of hydrogen-bond donors (Lipinski definition) is 0. The van der Waals surface area contributed by atoms with E-state index in [9.17, 15) is 26.3 Å². The molecule has 0 aromatic heterocycles. The van der Waals surface area contributed by atoms with Gasteiger partial charge in [-0.15, -0.1) is 0 Å². The molecule has 2 rings (SSSR count). The van der Waals surface area contributed by atoms with E-state index in [-0.39, 0.29) is 12.5 Å². The van der Waals surface area contributed by atoms with Crippen molar-refractivity contribution in [1.29, 1.82) is 0 Å². The Labute approximate surface area is 180 Å². The van der Waals surface area contributed by atoms with E-state index in [1.54, 1.807) is 0 Å². The van der Waals surface area contributed by atoms with Gasteiger partial charge in [0.25, 0.3) is 5.60 Å². The van der Waals surface area contributed by atoms with Crippen molar-refractivity contribution in [1.82, 2.24) is 0 Å². The maximum absolute atomic E-state index is 14.0. The molecule has 1 saturated carbocycles. The lowest BCUT2D eigenvalue weighted by molar-refractivity contribution is -0.415. The number of rotatable bonds is 9. The summed E-state index contributed by atoms with van der Waals surface area (Å²) in [6, 6.07) is 4.32. The summed E-state index contributed by atoms with van der Waals surface area (Å²) in [4.78, 5) is 0. The third-order valence-corrected chi connectivity index (χ3v) is 6.24. The maximum Gasteiger partial charge on any atom is 0.430 e. The summed E-state index contributed by atoms with van der Waals surface area (Å²) in [5, 5.41) is 0. The van der Waals surface area contributed by atoms with Gasteiger partial charge in [0.2, 0.25) is 0 Å². The van der Waals surface area contributed by atoms with Crippen LogP contribution in [0.25, 0.3) is 0 Å². The number of alkyl halides is 6. The first-order valence-corrected chi connectivity index (χ1v) is 11.0. The van der Waals surface area contributed by atoms with Gasteiger partial charge in [0.05, 0.1) is 0 Å². The van der Waals surface area contributed by atoms with Gasteiger partial charge in [-0.1, -0.05) is 70.2 Å². The Morgan fingerprint density at radius 2 is 1.45 bits per heavy atom. The van der Waals surface area contributed by atoms with Crippen LogP contribution in [-0.2, 0) is 15.1 Å². The van der Waals surface area contributed by atoms with Crippen molar-refractivity contribution >= 4 is 0 Å². The molecule has 1 fully saturated rings. The summed E-state index contributed by atoms with van der Waals surface area (Å²) in [7, 11) is 0. The highest BCUT2D eigenvalue weighted by atomic mass is 19.4. The molecule has 0 aliphatic heterocycles. The number of halogens is 6. The van der Waals surface area contributed by atoms with E-state index in [4.69, 9.17) is 9.47 Å². The molecule has 1 aromatic rings. The normalized spacial score (nSPS) is 18.7. The summed E-state index contributed by atoms with van der Waals surface area (Å²) in [6.07, 6.45) is -6.44. The Bertz CT molecular complexity index is 648. The van der Waals surface area contributed by atoms with Gasteiger partial charge >= 0.3 is 12.4 Å². The quantitative estimate of drug-likeness (QED) is 0.279.